The van der Waals surface area contributed by atoms with Gasteiger partial charge in [-0.1, -0.05) is 42.8 Å². The zero-order valence-corrected chi connectivity index (χ0v) is 14.0. The number of alkyl halides is 1. The van der Waals surface area contributed by atoms with E-state index in [0.29, 0.717) is 23.3 Å². The predicted octanol–water partition coefficient (Wildman–Crippen LogP) is 5.58. The van der Waals surface area contributed by atoms with Crippen LogP contribution in [0.2, 0.25) is 0 Å². The molecule has 0 heterocycles. The third-order valence-electron chi connectivity index (χ3n) is 3.09. The SMILES string of the molecule is CCOc1ccc(C(Br)C(C)C(C)C)cc1Br. The average Bonchev–Trinajstić information content (AvgIpc) is 2.30. The molecule has 17 heavy (non-hydrogen) atoms. The quantitative estimate of drug-likeness (QED) is 0.621. The van der Waals surface area contributed by atoms with Gasteiger partial charge in [0.2, 0.25) is 0 Å². The van der Waals surface area contributed by atoms with Gasteiger partial charge in [0, 0.05) is 4.83 Å². The van der Waals surface area contributed by atoms with Crippen molar-refractivity contribution >= 4 is 31.9 Å². The third kappa shape index (κ3) is 3.99. The van der Waals surface area contributed by atoms with Gasteiger partial charge in [0.15, 0.2) is 0 Å². The van der Waals surface area contributed by atoms with Crippen LogP contribution < -0.4 is 4.74 Å². The molecule has 0 spiro atoms. The summed E-state index contributed by atoms with van der Waals surface area (Å²) in [5.41, 5.74) is 1.29. The highest BCUT2D eigenvalue weighted by atomic mass is 79.9. The summed E-state index contributed by atoms with van der Waals surface area (Å²) < 4.78 is 6.54. The molecule has 1 rings (SSSR count). The Balaban J connectivity index is 2.89. The van der Waals surface area contributed by atoms with Crippen molar-refractivity contribution in [2.75, 3.05) is 6.61 Å². The van der Waals surface area contributed by atoms with Gasteiger partial charge in [-0.3, -0.25) is 0 Å². The number of halogens is 2. The molecule has 1 aromatic carbocycles. The predicted molar refractivity (Wildman–Crippen MR) is 81.0 cm³/mol. The summed E-state index contributed by atoms with van der Waals surface area (Å²) >= 11 is 7.34. The number of benzene rings is 1. The normalized spacial score (nSPS) is 14.8. The molecular formula is C14H20Br2O. The number of rotatable bonds is 5. The molecule has 96 valence electrons. The van der Waals surface area contributed by atoms with Gasteiger partial charge in [-0.15, -0.1) is 0 Å². The number of hydrogen-bond acceptors (Lipinski definition) is 1. The van der Waals surface area contributed by atoms with Crippen molar-refractivity contribution in [3.05, 3.63) is 28.2 Å². The molecule has 2 unspecified atom stereocenters. The molecule has 0 amide bonds. The second-order valence-electron chi connectivity index (χ2n) is 4.63. The molecule has 0 N–H and O–H groups in total. The topological polar surface area (TPSA) is 9.23 Å². The highest BCUT2D eigenvalue weighted by Gasteiger charge is 2.19. The van der Waals surface area contributed by atoms with Crippen LogP contribution >= 0.6 is 31.9 Å². The zero-order valence-electron chi connectivity index (χ0n) is 10.8. The fourth-order valence-corrected chi connectivity index (χ4v) is 3.01. The first-order valence-electron chi connectivity index (χ1n) is 6.03. The summed E-state index contributed by atoms with van der Waals surface area (Å²) in [4.78, 5) is 0.384. The lowest BCUT2D eigenvalue weighted by Crippen LogP contribution is -2.10. The summed E-state index contributed by atoms with van der Waals surface area (Å²) in [5, 5.41) is 0. The Morgan fingerprint density at radius 1 is 1.24 bits per heavy atom. The third-order valence-corrected chi connectivity index (χ3v) is 5.07. The molecule has 1 nitrogen and oxygen atoms in total. The van der Waals surface area contributed by atoms with Gasteiger partial charge in [-0.2, -0.15) is 0 Å². The van der Waals surface area contributed by atoms with Gasteiger partial charge in [0.05, 0.1) is 11.1 Å². The summed E-state index contributed by atoms with van der Waals surface area (Å²) in [7, 11) is 0. The van der Waals surface area contributed by atoms with Crippen molar-refractivity contribution < 1.29 is 4.74 Å². The molecular weight excluding hydrogens is 344 g/mol. The van der Waals surface area contributed by atoms with E-state index in [0.717, 1.165) is 10.2 Å². The lowest BCUT2D eigenvalue weighted by molar-refractivity contribution is 0.338. The second-order valence-corrected chi connectivity index (χ2v) is 6.47. The van der Waals surface area contributed by atoms with Crippen LogP contribution in [0.5, 0.6) is 5.75 Å². The van der Waals surface area contributed by atoms with Crippen LogP contribution in [0.4, 0.5) is 0 Å². The molecule has 0 aliphatic carbocycles. The highest BCUT2D eigenvalue weighted by Crippen LogP contribution is 2.38. The van der Waals surface area contributed by atoms with Crippen LogP contribution in [0, 0.1) is 11.8 Å². The average molecular weight is 364 g/mol. The highest BCUT2D eigenvalue weighted by molar-refractivity contribution is 9.10. The summed E-state index contributed by atoms with van der Waals surface area (Å²) in [6.45, 7) is 9.46. The summed E-state index contributed by atoms with van der Waals surface area (Å²) in [6, 6.07) is 6.31. The minimum absolute atomic E-state index is 0.384. The van der Waals surface area contributed by atoms with Gasteiger partial charge in [0.25, 0.3) is 0 Å². The molecule has 0 aliphatic heterocycles. The maximum absolute atomic E-state index is 5.52. The minimum atomic E-state index is 0.384. The molecule has 0 bridgehead atoms. The van der Waals surface area contributed by atoms with Gasteiger partial charge in [-0.05, 0) is 52.4 Å². The van der Waals surface area contributed by atoms with Gasteiger partial charge in [0.1, 0.15) is 5.75 Å². The smallest absolute Gasteiger partial charge is 0.133 e. The summed E-state index contributed by atoms with van der Waals surface area (Å²) in [6.07, 6.45) is 0. The fourth-order valence-electron chi connectivity index (χ4n) is 1.60. The molecule has 3 heteroatoms. The number of ether oxygens (including phenoxy) is 1. The first kappa shape index (κ1) is 15.0. The van der Waals surface area contributed by atoms with Crippen LogP contribution in [-0.4, -0.2) is 6.61 Å². The van der Waals surface area contributed by atoms with E-state index in [1.807, 2.05) is 13.0 Å². The molecule has 2 atom stereocenters. The monoisotopic (exact) mass is 362 g/mol. The molecule has 0 aromatic heterocycles. The van der Waals surface area contributed by atoms with E-state index in [4.69, 9.17) is 4.74 Å². The lowest BCUT2D eigenvalue weighted by Gasteiger charge is -2.22. The first-order valence-corrected chi connectivity index (χ1v) is 7.74. The first-order chi connectivity index (χ1) is 7.97. The molecule has 0 fully saturated rings. The van der Waals surface area contributed by atoms with Crippen LogP contribution in [0.3, 0.4) is 0 Å². The van der Waals surface area contributed by atoms with Crippen molar-refractivity contribution in [3.63, 3.8) is 0 Å². The lowest BCUT2D eigenvalue weighted by atomic mass is 9.91. The molecule has 0 saturated heterocycles. The Morgan fingerprint density at radius 3 is 2.35 bits per heavy atom. The second kappa shape index (κ2) is 6.79. The van der Waals surface area contributed by atoms with Crippen LogP contribution in [0.25, 0.3) is 0 Å². The van der Waals surface area contributed by atoms with E-state index in [1.165, 1.54) is 5.56 Å². The van der Waals surface area contributed by atoms with E-state index in [-0.39, 0.29) is 0 Å². The standard InChI is InChI=1S/C14H20Br2O/c1-5-17-13-7-6-11(8-12(13)15)14(16)10(4)9(2)3/h6-10,14H,5H2,1-4H3. The Morgan fingerprint density at radius 2 is 1.88 bits per heavy atom. The van der Waals surface area contributed by atoms with Crippen molar-refractivity contribution in [3.8, 4) is 5.75 Å². The minimum Gasteiger partial charge on any atom is -0.493 e. The van der Waals surface area contributed by atoms with Gasteiger partial charge >= 0.3 is 0 Å². The van der Waals surface area contributed by atoms with E-state index < -0.39 is 0 Å². The summed E-state index contributed by atoms with van der Waals surface area (Å²) in [5.74, 6) is 2.16. The Labute approximate surface area is 121 Å². The van der Waals surface area contributed by atoms with E-state index in [9.17, 15) is 0 Å². The van der Waals surface area contributed by atoms with Gasteiger partial charge < -0.3 is 4.74 Å². The molecule has 0 saturated carbocycles. The van der Waals surface area contributed by atoms with Crippen molar-refractivity contribution in [1.82, 2.24) is 0 Å². The molecule has 0 aliphatic rings. The largest absolute Gasteiger partial charge is 0.493 e. The van der Waals surface area contributed by atoms with Crippen LogP contribution in [0.1, 0.15) is 38.1 Å². The van der Waals surface area contributed by atoms with Crippen LogP contribution in [-0.2, 0) is 0 Å². The maximum Gasteiger partial charge on any atom is 0.133 e. The van der Waals surface area contributed by atoms with Crippen molar-refractivity contribution in [2.24, 2.45) is 11.8 Å². The van der Waals surface area contributed by atoms with E-state index in [1.54, 1.807) is 0 Å². The number of hydrogen-bond donors (Lipinski definition) is 0. The van der Waals surface area contributed by atoms with Crippen molar-refractivity contribution in [1.29, 1.82) is 0 Å². The van der Waals surface area contributed by atoms with E-state index in [2.05, 4.69) is 64.8 Å². The zero-order chi connectivity index (χ0) is 13.0. The Hall–Kier alpha value is -0.0200. The van der Waals surface area contributed by atoms with Crippen LogP contribution in [0.15, 0.2) is 22.7 Å². The maximum atomic E-state index is 5.52. The fraction of sp³-hybridized carbons (Fsp3) is 0.571. The molecule has 0 radical (unpaired) electrons. The van der Waals surface area contributed by atoms with E-state index >= 15 is 0 Å². The Kier molecular flexibility index (Phi) is 6.01. The molecule has 1 aromatic rings. The van der Waals surface area contributed by atoms with Crippen molar-refractivity contribution in [2.45, 2.75) is 32.5 Å². The Bertz CT molecular complexity index is 363. The van der Waals surface area contributed by atoms with Gasteiger partial charge in [-0.25, -0.2) is 0 Å².